The molecule has 0 aromatic heterocycles. The van der Waals surface area contributed by atoms with Crippen LogP contribution in [-0.2, 0) is 9.53 Å². The fraction of sp³-hybridized carbons (Fsp3) is 0.529. The van der Waals surface area contributed by atoms with Gasteiger partial charge in [-0.15, -0.1) is 0 Å². The highest BCUT2D eigenvalue weighted by molar-refractivity contribution is 5.99. The largest absolute Gasteiger partial charge is 0.479 e. The average Bonchev–Trinajstić information content (AvgIpc) is 2.53. The van der Waals surface area contributed by atoms with E-state index in [9.17, 15) is 14.7 Å². The number of hydrogen-bond donors (Lipinski definition) is 4. The van der Waals surface area contributed by atoms with Crippen molar-refractivity contribution >= 4 is 23.3 Å². The number of carbonyl (C=O) groups is 2. The van der Waals surface area contributed by atoms with Crippen LogP contribution in [0, 0.1) is 0 Å². The van der Waals surface area contributed by atoms with Crippen LogP contribution >= 0.6 is 0 Å². The van der Waals surface area contributed by atoms with E-state index in [0.29, 0.717) is 36.6 Å². The molecule has 8 heteroatoms. The predicted molar refractivity (Wildman–Crippen MR) is 91.8 cm³/mol. The second-order valence-corrected chi connectivity index (χ2v) is 6.48. The Labute approximate surface area is 145 Å². The van der Waals surface area contributed by atoms with Crippen LogP contribution in [0.5, 0.6) is 5.75 Å². The van der Waals surface area contributed by atoms with E-state index in [1.807, 2.05) is 6.92 Å². The fourth-order valence-corrected chi connectivity index (χ4v) is 2.99. The van der Waals surface area contributed by atoms with Gasteiger partial charge in [0, 0.05) is 31.7 Å². The van der Waals surface area contributed by atoms with Crippen LogP contribution in [0.25, 0.3) is 0 Å². The van der Waals surface area contributed by atoms with Crippen LogP contribution in [0.2, 0.25) is 0 Å². The SMILES string of the molecule is CCOC1CC(O)(CNC(=O)Nc2ccc3c(c2)NC(=O)[C@@H](C)O3)C1. The number of rotatable bonds is 5. The van der Waals surface area contributed by atoms with Crippen molar-refractivity contribution in [3.8, 4) is 5.75 Å². The topological polar surface area (TPSA) is 109 Å². The zero-order chi connectivity index (χ0) is 18.0. The standard InChI is InChI=1S/C17H23N3O5/c1-3-24-12-7-17(23,8-12)9-18-16(22)19-11-4-5-14-13(6-11)20-15(21)10(2)25-14/h4-6,10,12,23H,3,7-9H2,1-2H3,(H,20,21)(H2,18,19,22)/t10-,12?,17?/m1/s1. The van der Waals surface area contributed by atoms with E-state index in [1.165, 1.54) is 0 Å². The number of aliphatic hydroxyl groups is 1. The van der Waals surface area contributed by atoms with E-state index in [0.717, 1.165) is 0 Å². The molecular weight excluding hydrogens is 326 g/mol. The van der Waals surface area contributed by atoms with Crippen molar-refractivity contribution in [2.75, 3.05) is 23.8 Å². The van der Waals surface area contributed by atoms with Crippen molar-refractivity contribution in [1.29, 1.82) is 0 Å². The van der Waals surface area contributed by atoms with E-state index in [4.69, 9.17) is 9.47 Å². The third-order valence-corrected chi connectivity index (χ3v) is 4.36. The first-order chi connectivity index (χ1) is 11.9. The molecule has 1 heterocycles. The lowest BCUT2D eigenvalue weighted by Gasteiger charge is -2.43. The van der Waals surface area contributed by atoms with Crippen molar-refractivity contribution < 1.29 is 24.2 Å². The first kappa shape index (κ1) is 17.5. The molecule has 1 aliphatic carbocycles. The fourth-order valence-electron chi connectivity index (χ4n) is 2.99. The number of amides is 3. The molecule has 0 radical (unpaired) electrons. The smallest absolute Gasteiger partial charge is 0.319 e. The summed E-state index contributed by atoms with van der Waals surface area (Å²) in [5, 5.41) is 18.3. The van der Waals surface area contributed by atoms with Gasteiger partial charge in [-0.2, -0.15) is 0 Å². The van der Waals surface area contributed by atoms with Gasteiger partial charge in [-0.3, -0.25) is 4.79 Å². The second kappa shape index (κ2) is 6.89. The van der Waals surface area contributed by atoms with E-state index in [-0.39, 0.29) is 18.6 Å². The number of ether oxygens (including phenoxy) is 2. The normalized spacial score (nSPS) is 27.4. The maximum absolute atomic E-state index is 12.0. The van der Waals surface area contributed by atoms with Gasteiger partial charge in [0.2, 0.25) is 0 Å². The van der Waals surface area contributed by atoms with Gasteiger partial charge in [-0.25, -0.2) is 4.79 Å². The number of benzene rings is 1. The van der Waals surface area contributed by atoms with Gasteiger partial charge in [0.15, 0.2) is 6.10 Å². The summed E-state index contributed by atoms with van der Waals surface area (Å²) in [6.07, 6.45) is 0.549. The number of urea groups is 1. The highest BCUT2D eigenvalue weighted by Crippen LogP contribution is 2.34. The van der Waals surface area contributed by atoms with Crippen LogP contribution in [0.15, 0.2) is 18.2 Å². The summed E-state index contributed by atoms with van der Waals surface area (Å²) in [6.45, 7) is 4.35. The average molecular weight is 349 g/mol. The van der Waals surface area contributed by atoms with Crippen LogP contribution in [0.3, 0.4) is 0 Å². The maximum atomic E-state index is 12.0. The zero-order valence-corrected chi connectivity index (χ0v) is 14.3. The molecule has 1 saturated carbocycles. The van der Waals surface area contributed by atoms with Gasteiger partial charge in [0.05, 0.1) is 17.4 Å². The molecule has 1 aliphatic heterocycles. The lowest BCUT2D eigenvalue weighted by Crippen LogP contribution is -2.55. The third-order valence-electron chi connectivity index (χ3n) is 4.36. The van der Waals surface area contributed by atoms with Crippen molar-refractivity contribution in [2.45, 2.75) is 44.5 Å². The zero-order valence-electron chi connectivity index (χ0n) is 14.3. The maximum Gasteiger partial charge on any atom is 0.319 e. The molecule has 136 valence electrons. The Hall–Kier alpha value is -2.32. The van der Waals surface area contributed by atoms with E-state index < -0.39 is 17.7 Å². The number of carbonyl (C=O) groups excluding carboxylic acids is 2. The quantitative estimate of drug-likeness (QED) is 0.643. The van der Waals surface area contributed by atoms with Gasteiger partial charge in [0.25, 0.3) is 5.91 Å². The lowest BCUT2D eigenvalue weighted by molar-refractivity contribution is -0.133. The molecule has 8 nitrogen and oxygen atoms in total. The van der Waals surface area contributed by atoms with Crippen molar-refractivity contribution in [3.63, 3.8) is 0 Å². The Morgan fingerprint density at radius 3 is 2.96 bits per heavy atom. The molecule has 1 fully saturated rings. The molecule has 4 N–H and O–H groups in total. The Morgan fingerprint density at radius 1 is 1.48 bits per heavy atom. The molecule has 3 amide bonds. The molecule has 0 spiro atoms. The summed E-state index contributed by atoms with van der Waals surface area (Å²) in [4.78, 5) is 23.6. The summed E-state index contributed by atoms with van der Waals surface area (Å²) in [5.74, 6) is 0.328. The minimum atomic E-state index is -0.912. The van der Waals surface area contributed by atoms with Crippen LogP contribution in [0.1, 0.15) is 26.7 Å². The van der Waals surface area contributed by atoms with Gasteiger partial charge >= 0.3 is 6.03 Å². The number of fused-ring (bicyclic) bond motifs is 1. The number of hydrogen-bond acceptors (Lipinski definition) is 5. The summed E-state index contributed by atoms with van der Waals surface area (Å²) in [7, 11) is 0. The minimum absolute atomic E-state index is 0.0616. The van der Waals surface area contributed by atoms with Crippen molar-refractivity contribution in [2.24, 2.45) is 0 Å². The molecule has 2 aliphatic rings. The molecule has 0 bridgehead atoms. The highest BCUT2D eigenvalue weighted by Gasteiger charge is 2.43. The Balaban J connectivity index is 1.50. The van der Waals surface area contributed by atoms with E-state index in [2.05, 4.69) is 16.0 Å². The van der Waals surface area contributed by atoms with E-state index in [1.54, 1.807) is 25.1 Å². The molecule has 25 heavy (non-hydrogen) atoms. The predicted octanol–water partition coefficient (Wildman–Crippen LogP) is 1.46. The van der Waals surface area contributed by atoms with Gasteiger partial charge in [0.1, 0.15) is 5.75 Å². The first-order valence-corrected chi connectivity index (χ1v) is 8.39. The van der Waals surface area contributed by atoms with Gasteiger partial charge in [-0.1, -0.05) is 0 Å². The summed E-state index contributed by atoms with van der Waals surface area (Å²) >= 11 is 0. The molecule has 1 aromatic carbocycles. The molecule has 1 atom stereocenters. The van der Waals surface area contributed by atoms with Crippen molar-refractivity contribution in [1.82, 2.24) is 5.32 Å². The minimum Gasteiger partial charge on any atom is -0.479 e. The van der Waals surface area contributed by atoms with Crippen LogP contribution in [-0.4, -0.2) is 48.0 Å². The molecular formula is C17H23N3O5. The van der Waals surface area contributed by atoms with E-state index >= 15 is 0 Å². The molecule has 3 rings (SSSR count). The Morgan fingerprint density at radius 2 is 2.24 bits per heavy atom. The lowest BCUT2D eigenvalue weighted by atomic mass is 9.77. The number of anilines is 2. The van der Waals surface area contributed by atoms with Crippen LogP contribution in [0.4, 0.5) is 16.2 Å². The van der Waals surface area contributed by atoms with Crippen molar-refractivity contribution in [3.05, 3.63) is 18.2 Å². The monoisotopic (exact) mass is 349 g/mol. The molecule has 0 saturated heterocycles. The highest BCUT2D eigenvalue weighted by atomic mass is 16.5. The molecule has 0 unspecified atom stereocenters. The second-order valence-electron chi connectivity index (χ2n) is 6.48. The summed E-state index contributed by atoms with van der Waals surface area (Å²) < 4.78 is 10.9. The molecule has 1 aromatic rings. The Bertz CT molecular complexity index is 672. The van der Waals surface area contributed by atoms with Gasteiger partial charge in [-0.05, 0) is 32.0 Å². The summed E-state index contributed by atoms with van der Waals surface area (Å²) in [5.41, 5.74) is 0.117. The van der Waals surface area contributed by atoms with Gasteiger partial charge < -0.3 is 30.5 Å². The Kier molecular flexibility index (Phi) is 4.82. The van der Waals surface area contributed by atoms with Crippen LogP contribution < -0.4 is 20.7 Å². The first-order valence-electron chi connectivity index (χ1n) is 8.39. The number of nitrogens with one attached hydrogen (secondary N) is 3. The third kappa shape index (κ3) is 4.02. The summed E-state index contributed by atoms with van der Waals surface area (Å²) in [6, 6.07) is 4.57.